The Kier molecular flexibility index (Phi) is 6.74. The second-order valence-corrected chi connectivity index (χ2v) is 7.70. The Balaban J connectivity index is 2.04. The minimum atomic E-state index is -0.190. The largest absolute Gasteiger partial charge is 0.370 e. The first-order valence-electron chi connectivity index (χ1n) is 9.14. The van der Waals surface area contributed by atoms with Gasteiger partial charge in [-0.05, 0) is 36.6 Å². The zero-order valence-electron chi connectivity index (χ0n) is 16.6. The van der Waals surface area contributed by atoms with Crippen LogP contribution in [0.3, 0.4) is 0 Å². The maximum Gasteiger partial charge on any atom is 0.258 e. The summed E-state index contributed by atoms with van der Waals surface area (Å²) in [5.74, 6) is 0.816. The lowest BCUT2D eigenvalue weighted by molar-refractivity contribution is 0.543. The van der Waals surface area contributed by atoms with Crippen molar-refractivity contribution >= 4 is 5.96 Å². The molecule has 7 nitrogen and oxygen atoms in total. The summed E-state index contributed by atoms with van der Waals surface area (Å²) in [5.41, 5.74) is 14.1. The van der Waals surface area contributed by atoms with Gasteiger partial charge in [-0.25, -0.2) is 4.98 Å². The molecule has 7 heteroatoms. The number of guanidine groups is 1. The number of H-pyrrole nitrogens is 1. The van der Waals surface area contributed by atoms with Crippen molar-refractivity contribution in [3.63, 3.8) is 0 Å². The number of benzene rings is 1. The Morgan fingerprint density at radius 3 is 2.63 bits per heavy atom. The molecule has 0 aliphatic carbocycles. The number of aromatic amines is 1. The molecule has 0 saturated carbocycles. The summed E-state index contributed by atoms with van der Waals surface area (Å²) >= 11 is 0. The fourth-order valence-corrected chi connectivity index (χ4v) is 2.68. The Bertz CT molecular complexity index is 860. The van der Waals surface area contributed by atoms with E-state index in [1.165, 1.54) is 5.56 Å². The molecule has 146 valence electrons. The molecule has 0 saturated heterocycles. The van der Waals surface area contributed by atoms with Crippen molar-refractivity contribution in [3.8, 4) is 11.1 Å². The van der Waals surface area contributed by atoms with E-state index in [2.05, 4.69) is 20.3 Å². The molecule has 0 fully saturated rings. The van der Waals surface area contributed by atoms with Crippen LogP contribution >= 0.6 is 0 Å². The van der Waals surface area contributed by atoms with E-state index in [1.807, 2.05) is 45.9 Å². The molecule has 2 rings (SSSR count). The summed E-state index contributed by atoms with van der Waals surface area (Å²) in [7, 11) is 0. The molecular formula is C20H30N6O. The topological polar surface area (TPSA) is 122 Å². The number of aryl methyl sites for hydroxylation is 1. The minimum absolute atomic E-state index is 0.111. The predicted octanol–water partition coefficient (Wildman–Crippen LogP) is 1.80. The third-order valence-electron chi connectivity index (χ3n) is 4.28. The molecule has 1 heterocycles. The first-order valence-corrected chi connectivity index (χ1v) is 9.14. The van der Waals surface area contributed by atoms with Crippen LogP contribution in [0.2, 0.25) is 0 Å². The molecule has 0 radical (unpaired) electrons. The van der Waals surface area contributed by atoms with Crippen LogP contribution in [-0.2, 0) is 12.0 Å². The highest BCUT2D eigenvalue weighted by atomic mass is 16.1. The summed E-state index contributed by atoms with van der Waals surface area (Å²) in [5, 5.41) is 3.38. The van der Waals surface area contributed by atoms with Crippen LogP contribution in [0, 0.1) is 6.92 Å². The van der Waals surface area contributed by atoms with E-state index in [9.17, 15) is 4.79 Å². The number of nitrogens with zero attached hydrogens (tertiary/aromatic N) is 2. The number of aliphatic imine (C=N–C) groups is 1. The molecular weight excluding hydrogens is 340 g/mol. The van der Waals surface area contributed by atoms with Gasteiger partial charge in [0.1, 0.15) is 5.82 Å². The summed E-state index contributed by atoms with van der Waals surface area (Å²) in [6.45, 7) is 10.3. The Hall–Kier alpha value is -2.67. The zero-order chi connectivity index (χ0) is 20.0. The molecule has 0 atom stereocenters. The van der Waals surface area contributed by atoms with E-state index in [0.717, 1.165) is 30.6 Å². The first-order chi connectivity index (χ1) is 12.7. The Labute approximate surface area is 160 Å². The number of rotatable bonds is 7. The SMILES string of the molecule is Cc1cc(-c2cnc(C(C)(C)C)[nH]c2=O)ccc1CNCCCN=C(N)N. The van der Waals surface area contributed by atoms with Crippen LogP contribution in [0.4, 0.5) is 0 Å². The molecule has 0 unspecified atom stereocenters. The van der Waals surface area contributed by atoms with Crippen molar-refractivity contribution in [1.29, 1.82) is 0 Å². The van der Waals surface area contributed by atoms with Gasteiger partial charge in [0.15, 0.2) is 5.96 Å². The van der Waals surface area contributed by atoms with Gasteiger partial charge in [0, 0.05) is 24.7 Å². The number of hydrogen-bond donors (Lipinski definition) is 4. The quantitative estimate of drug-likeness (QED) is 0.336. The van der Waals surface area contributed by atoms with Gasteiger partial charge in [0.05, 0.1) is 5.56 Å². The minimum Gasteiger partial charge on any atom is -0.370 e. The smallest absolute Gasteiger partial charge is 0.258 e. The van der Waals surface area contributed by atoms with Gasteiger partial charge < -0.3 is 21.8 Å². The number of aromatic nitrogens is 2. The van der Waals surface area contributed by atoms with Crippen molar-refractivity contribution in [2.24, 2.45) is 16.5 Å². The second kappa shape index (κ2) is 8.81. The third kappa shape index (κ3) is 5.92. The molecule has 27 heavy (non-hydrogen) atoms. The number of nitrogens with two attached hydrogens (primary N) is 2. The highest BCUT2D eigenvalue weighted by Crippen LogP contribution is 2.21. The van der Waals surface area contributed by atoms with Crippen molar-refractivity contribution in [2.45, 2.75) is 46.1 Å². The van der Waals surface area contributed by atoms with Crippen LogP contribution in [0.15, 0.2) is 34.2 Å². The molecule has 2 aromatic rings. The van der Waals surface area contributed by atoms with Crippen LogP contribution in [0.25, 0.3) is 11.1 Å². The molecule has 0 bridgehead atoms. The van der Waals surface area contributed by atoms with Crippen LogP contribution in [0.5, 0.6) is 0 Å². The molecule has 0 amide bonds. The summed E-state index contributed by atoms with van der Waals surface area (Å²) in [6, 6.07) is 6.04. The monoisotopic (exact) mass is 370 g/mol. The molecule has 0 aliphatic rings. The van der Waals surface area contributed by atoms with Crippen LogP contribution in [-0.4, -0.2) is 29.0 Å². The van der Waals surface area contributed by atoms with Crippen molar-refractivity contribution in [3.05, 3.63) is 51.7 Å². The predicted molar refractivity (Wildman–Crippen MR) is 111 cm³/mol. The Morgan fingerprint density at radius 2 is 2.04 bits per heavy atom. The fourth-order valence-electron chi connectivity index (χ4n) is 2.68. The standard InChI is InChI=1S/C20H30N6O/c1-13-10-14(16-12-25-18(20(2,3)4)26-17(16)27)6-7-15(13)11-23-8-5-9-24-19(21)22/h6-7,10,12,23H,5,8-9,11H2,1-4H3,(H4,21,22,24)(H,25,26,27). The summed E-state index contributed by atoms with van der Waals surface area (Å²) in [6.07, 6.45) is 2.53. The van der Waals surface area contributed by atoms with E-state index >= 15 is 0 Å². The van der Waals surface area contributed by atoms with Gasteiger partial charge in [0.25, 0.3) is 5.56 Å². The lowest BCUT2D eigenvalue weighted by Crippen LogP contribution is -2.23. The van der Waals surface area contributed by atoms with E-state index < -0.39 is 0 Å². The van der Waals surface area contributed by atoms with Crippen molar-refractivity contribution < 1.29 is 0 Å². The van der Waals surface area contributed by atoms with E-state index in [-0.39, 0.29) is 16.9 Å². The Morgan fingerprint density at radius 1 is 1.30 bits per heavy atom. The third-order valence-corrected chi connectivity index (χ3v) is 4.28. The van der Waals surface area contributed by atoms with Crippen molar-refractivity contribution in [2.75, 3.05) is 13.1 Å². The molecule has 0 aliphatic heterocycles. The number of nitrogens with one attached hydrogen (secondary N) is 2. The molecule has 1 aromatic carbocycles. The molecule has 1 aromatic heterocycles. The average Bonchev–Trinajstić information content (AvgIpc) is 2.58. The van der Waals surface area contributed by atoms with Crippen LogP contribution in [0.1, 0.15) is 44.1 Å². The maximum atomic E-state index is 12.5. The van der Waals surface area contributed by atoms with Gasteiger partial charge in [-0.1, -0.05) is 39.0 Å². The van der Waals surface area contributed by atoms with Gasteiger partial charge in [-0.3, -0.25) is 9.79 Å². The second-order valence-electron chi connectivity index (χ2n) is 7.70. The van der Waals surface area contributed by atoms with Crippen LogP contribution < -0.4 is 22.3 Å². The summed E-state index contributed by atoms with van der Waals surface area (Å²) < 4.78 is 0. The van der Waals surface area contributed by atoms with E-state index in [4.69, 9.17) is 11.5 Å². The maximum absolute atomic E-state index is 12.5. The van der Waals surface area contributed by atoms with Gasteiger partial charge in [-0.15, -0.1) is 0 Å². The zero-order valence-corrected chi connectivity index (χ0v) is 16.6. The lowest BCUT2D eigenvalue weighted by Gasteiger charge is -2.17. The number of hydrogen-bond acceptors (Lipinski definition) is 4. The molecule has 0 spiro atoms. The van der Waals surface area contributed by atoms with Gasteiger partial charge in [0.2, 0.25) is 0 Å². The highest BCUT2D eigenvalue weighted by Gasteiger charge is 2.17. The highest BCUT2D eigenvalue weighted by molar-refractivity contribution is 5.75. The normalized spacial score (nSPS) is 11.4. The van der Waals surface area contributed by atoms with Gasteiger partial charge in [-0.2, -0.15) is 0 Å². The molecule has 6 N–H and O–H groups in total. The van der Waals surface area contributed by atoms with E-state index in [1.54, 1.807) is 6.20 Å². The fraction of sp³-hybridized carbons (Fsp3) is 0.450. The lowest BCUT2D eigenvalue weighted by atomic mass is 9.95. The van der Waals surface area contributed by atoms with Crippen molar-refractivity contribution in [1.82, 2.24) is 15.3 Å². The summed E-state index contributed by atoms with van der Waals surface area (Å²) in [4.78, 5) is 23.8. The average molecular weight is 371 g/mol. The first kappa shape index (κ1) is 20.6. The van der Waals surface area contributed by atoms with E-state index in [0.29, 0.717) is 17.9 Å². The van der Waals surface area contributed by atoms with Gasteiger partial charge >= 0.3 is 0 Å².